The van der Waals surface area contributed by atoms with Crippen LogP contribution in [-0.4, -0.2) is 24.9 Å². The first-order chi connectivity index (χ1) is 11.7. The van der Waals surface area contributed by atoms with Gasteiger partial charge in [0.25, 0.3) is 0 Å². The van der Waals surface area contributed by atoms with E-state index in [4.69, 9.17) is 14.2 Å². The van der Waals surface area contributed by atoms with E-state index in [0.717, 1.165) is 0 Å². The molecule has 0 amide bonds. The van der Waals surface area contributed by atoms with Gasteiger partial charge in [0.2, 0.25) is 0 Å². The second kappa shape index (κ2) is 8.43. The fourth-order valence-electron chi connectivity index (χ4n) is 3.05. The number of benzene rings is 2. The first-order valence-corrected chi connectivity index (χ1v) is 8.66. The molecule has 0 aromatic heterocycles. The van der Waals surface area contributed by atoms with Gasteiger partial charge in [0.1, 0.15) is 6.10 Å². The number of rotatable bonds is 6. The summed E-state index contributed by atoms with van der Waals surface area (Å²) in [5.74, 6) is 0.295. The van der Waals surface area contributed by atoms with Crippen molar-refractivity contribution in [2.45, 2.75) is 45.4 Å². The molecule has 2 aromatic rings. The van der Waals surface area contributed by atoms with Crippen molar-refractivity contribution in [2.24, 2.45) is 5.92 Å². The summed E-state index contributed by atoms with van der Waals surface area (Å²) in [4.78, 5) is 0. The molecule has 1 heterocycles. The maximum Gasteiger partial charge on any atom is 0.108 e. The van der Waals surface area contributed by atoms with E-state index < -0.39 is 0 Å². The fourth-order valence-corrected chi connectivity index (χ4v) is 3.05. The highest BCUT2D eigenvalue weighted by molar-refractivity contribution is 5.14. The monoisotopic (exact) mass is 326 g/mol. The molecule has 1 fully saturated rings. The van der Waals surface area contributed by atoms with Gasteiger partial charge in [-0.15, -0.1) is 0 Å². The van der Waals surface area contributed by atoms with Gasteiger partial charge in [-0.25, -0.2) is 0 Å². The molecule has 0 radical (unpaired) electrons. The van der Waals surface area contributed by atoms with Crippen LogP contribution in [0.2, 0.25) is 0 Å². The zero-order valence-corrected chi connectivity index (χ0v) is 14.4. The molecule has 4 atom stereocenters. The second-order valence-corrected chi connectivity index (χ2v) is 6.49. The lowest BCUT2D eigenvalue weighted by molar-refractivity contribution is -0.193. The summed E-state index contributed by atoms with van der Waals surface area (Å²) in [6, 6.07) is 20.5. The van der Waals surface area contributed by atoms with E-state index in [9.17, 15) is 0 Å². The average molecular weight is 326 g/mol. The van der Waals surface area contributed by atoms with Crippen molar-refractivity contribution in [3.8, 4) is 0 Å². The number of hydrogen-bond acceptors (Lipinski definition) is 3. The summed E-state index contributed by atoms with van der Waals surface area (Å²) < 4.78 is 18.3. The van der Waals surface area contributed by atoms with Gasteiger partial charge in [0, 0.05) is 5.92 Å². The van der Waals surface area contributed by atoms with E-state index in [1.54, 1.807) is 0 Å². The molecule has 1 saturated heterocycles. The smallest absolute Gasteiger partial charge is 0.108 e. The van der Waals surface area contributed by atoms with Crippen molar-refractivity contribution < 1.29 is 14.2 Å². The molecule has 3 rings (SSSR count). The van der Waals surface area contributed by atoms with Crippen LogP contribution in [0.25, 0.3) is 0 Å². The van der Waals surface area contributed by atoms with Gasteiger partial charge in [-0.05, 0) is 18.1 Å². The molecule has 0 N–H and O–H groups in total. The summed E-state index contributed by atoms with van der Waals surface area (Å²) in [5, 5.41) is 0. The molecule has 1 aliphatic heterocycles. The largest absolute Gasteiger partial charge is 0.375 e. The Kier molecular flexibility index (Phi) is 6.02. The van der Waals surface area contributed by atoms with Crippen LogP contribution in [0.15, 0.2) is 60.7 Å². The number of hydrogen-bond donors (Lipinski definition) is 0. The first kappa shape index (κ1) is 17.2. The van der Waals surface area contributed by atoms with Crippen molar-refractivity contribution in [3.63, 3.8) is 0 Å². The van der Waals surface area contributed by atoms with Gasteiger partial charge < -0.3 is 14.2 Å². The van der Waals surface area contributed by atoms with E-state index in [2.05, 4.69) is 38.1 Å². The van der Waals surface area contributed by atoms with Crippen LogP contribution < -0.4 is 0 Å². The molecular formula is C21H26O3. The minimum absolute atomic E-state index is 0.0395. The third-order valence-corrected chi connectivity index (χ3v) is 4.74. The Morgan fingerprint density at radius 1 is 0.833 bits per heavy atom. The molecule has 0 spiro atoms. The molecule has 0 bridgehead atoms. The first-order valence-electron chi connectivity index (χ1n) is 8.66. The second-order valence-electron chi connectivity index (χ2n) is 6.49. The van der Waals surface area contributed by atoms with Gasteiger partial charge in [-0.1, -0.05) is 67.6 Å². The summed E-state index contributed by atoms with van der Waals surface area (Å²) in [6.45, 7) is 6.06. The highest BCUT2D eigenvalue weighted by Crippen LogP contribution is 2.27. The lowest BCUT2D eigenvalue weighted by Gasteiger charge is -2.39. The Labute approximate surface area is 144 Å². The Bertz CT molecular complexity index is 599. The van der Waals surface area contributed by atoms with E-state index in [1.807, 2.05) is 36.4 Å². The van der Waals surface area contributed by atoms with E-state index >= 15 is 0 Å². The minimum Gasteiger partial charge on any atom is -0.375 e. The molecule has 128 valence electrons. The van der Waals surface area contributed by atoms with Crippen LogP contribution in [0.4, 0.5) is 0 Å². The molecular weight excluding hydrogens is 300 g/mol. The van der Waals surface area contributed by atoms with Crippen LogP contribution in [-0.2, 0) is 27.4 Å². The SMILES string of the molecule is CC1OC[C@@H](OCc2ccccc2)C(OCc2ccccc2)C1C. The minimum atomic E-state index is -0.0416. The Morgan fingerprint density at radius 2 is 1.38 bits per heavy atom. The van der Waals surface area contributed by atoms with E-state index in [0.29, 0.717) is 25.7 Å². The maximum absolute atomic E-state index is 6.25. The zero-order chi connectivity index (χ0) is 16.8. The third-order valence-electron chi connectivity index (χ3n) is 4.74. The molecule has 2 aromatic carbocycles. The predicted molar refractivity (Wildman–Crippen MR) is 94.6 cm³/mol. The molecule has 3 nitrogen and oxygen atoms in total. The third kappa shape index (κ3) is 4.44. The van der Waals surface area contributed by atoms with Gasteiger partial charge in [-0.3, -0.25) is 0 Å². The molecule has 3 heteroatoms. The summed E-state index contributed by atoms with van der Waals surface area (Å²) in [7, 11) is 0. The van der Waals surface area contributed by atoms with Crippen LogP contribution >= 0.6 is 0 Å². The Hall–Kier alpha value is -1.68. The Morgan fingerprint density at radius 3 is 1.96 bits per heavy atom. The van der Waals surface area contributed by atoms with Crippen LogP contribution in [0.5, 0.6) is 0 Å². The quantitative estimate of drug-likeness (QED) is 0.796. The zero-order valence-electron chi connectivity index (χ0n) is 14.4. The average Bonchev–Trinajstić information content (AvgIpc) is 2.63. The van der Waals surface area contributed by atoms with Crippen molar-refractivity contribution in [1.29, 1.82) is 0 Å². The summed E-state index contributed by atoms with van der Waals surface area (Å²) in [6.07, 6.45) is 0.181. The maximum atomic E-state index is 6.25. The predicted octanol–water partition coefficient (Wildman–Crippen LogP) is 4.21. The molecule has 0 aliphatic carbocycles. The van der Waals surface area contributed by atoms with Crippen molar-refractivity contribution in [1.82, 2.24) is 0 Å². The van der Waals surface area contributed by atoms with Crippen molar-refractivity contribution in [2.75, 3.05) is 6.61 Å². The van der Waals surface area contributed by atoms with Crippen LogP contribution in [0, 0.1) is 5.92 Å². The molecule has 3 unspecified atom stereocenters. The molecule has 24 heavy (non-hydrogen) atoms. The van der Waals surface area contributed by atoms with Crippen LogP contribution in [0.3, 0.4) is 0 Å². The van der Waals surface area contributed by atoms with Gasteiger partial charge in [-0.2, -0.15) is 0 Å². The van der Waals surface area contributed by atoms with Gasteiger partial charge >= 0.3 is 0 Å². The fraction of sp³-hybridized carbons (Fsp3) is 0.429. The topological polar surface area (TPSA) is 27.7 Å². The number of ether oxygens (including phenoxy) is 3. The van der Waals surface area contributed by atoms with Crippen molar-refractivity contribution >= 4 is 0 Å². The summed E-state index contributed by atoms with van der Waals surface area (Å²) in [5.41, 5.74) is 2.36. The highest BCUT2D eigenvalue weighted by Gasteiger charge is 2.37. The lowest BCUT2D eigenvalue weighted by Crippen LogP contribution is -2.49. The highest BCUT2D eigenvalue weighted by atomic mass is 16.6. The molecule has 0 saturated carbocycles. The van der Waals surface area contributed by atoms with E-state index in [1.165, 1.54) is 11.1 Å². The van der Waals surface area contributed by atoms with Gasteiger partial charge in [0.15, 0.2) is 0 Å². The van der Waals surface area contributed by atoms with E-state index in [-0.39, 0.29) is 18.3 Å². The summed E-state index contributed by atoms with van der Waals surface area (Å²) >= 11 is 0. The van der Waals surface area contributed by atoms with Crippen LogP contribution in [0.1, 0.15) is 25.0 Å². The van der Waals surface area contributed by atoms with Crippen molar-refractivity contribution in [3.05, 3.63) is 71.8 Å². The Balaban J connectivity index is 1.61. The standard InChI is InChI=1S/C21H26O3/c1-16-17(2)22-15-20(23-13-18-9-5-3-6-10-18)21(16)24-14-19-11-7-4-8-12-19/h3-12,16-17,20-21H,13-15H2,1-2H3/t16?,17?,20-,21?/m1/s1. The normalized spacial score (nSPS) is 27.1. The van der Waals surface area contributed by atoms with Gasteiger partial charge in [0.05, 0.1) is 32.0 Å². The lowest BCUT2D eigenvalue weighted by atomic mass is 9.92. The molecule has 1 aliphatic rings.